The summed E-state index contributed by atoms with van der Waals surface area (Å²) in [6.07, 6.45) is 19.7. The molecule has 1 rings (SSSR count). The van der Waals surface area contributed by atoms with Crippen molar-refractivity contribution in [2.24, 2.45) is 0 Å². The van der Waals surface area contributed by atoms with Gasteiger partial charge in [0.2, 0.25) is 0 Å². The van der Waals surface area contributed by atoms with Crippen molar-refractivity contribution in [3.05, 3.63) is 46.5 Å². The fourth-order valence-electron chi connectivity index (χ4n) is 3.40. The summed E-state index contributed by atoms with van der Waals surface area (Å²) in [6.45, 7) is 2.28. The lowest BCUT2D eigenvalue weighted by Gasteiger charge is -2.13. The van der Waals surface area contributed by atoms with E-state index in [1.165, 1.54) is 82.6 Å². The molecule has 2 heteroatoms. The Morgan fingerprint density at radius 2 is 1.24 bits per heavy atom. The number of halogens is 2. The molecule has 0 fully saturated rings. The van der Waals surface area contributed by atoms with Crippen molar-refractivity contribution in [1.29, 1.82) is 0 Å². The van der Waals surface area contributed by atoms with Crippen LogP contribution in [0, 0.1) is 0 Å². The van der Waals surface area contributed by atoms with Crippen LogP contribution in [0.2, 0.25) is 0 Å². The molecule has 0 spiro atoms. The Labute approximate surface area is 166 Å². The number of rotatable bonds is 15. The Kier molecular flexibility index (Phi) is 14.2. The van der Waals surface area contributed by atoms with Gasteiger partial charge in [-0.05, 0) is 18.1 Å². The number of allylic oxidation sites excluding steroid dienone is 1. The highest BCUT2D eigenvalue weighted by Gasteiger charge is 2.08. The second-order valence-electron chi connectivity index (χ2n) is 7.15. The van der Waals surface area contributed by atoms with Crippen molar-refractivity contribution in [1.82, 2.24) is 0 Å². The third kappa shape index (κ3) is 12.5. The van der Waals surface area contributed by atoms with Gasteiger partial charge in [0.05, 0.1) is 0 Å². The molecule has 0 radical (unpaired) electrons. The molecule has 0 aliphatic carbocycles. The fourth-order valence-corrected chi connectivity index (χ4v) is 3.71. The summed E-state index contributed by atoms with van der Waals surface area (Å²) in [6, 6.07) is 10.5. The molecule has 0 aliphatic heterocycles. The Balaban J connectivity index is 2.06. The van der Waals surface area contributed by atoms with Gasteiger partial charge in [0, 0.05) is 5.92 Å². The molecule has 25 heavy (non-hydrogen) atoms. The molecule has 0 amide bonds. The van der Waals surface area contributed by atoms with Gasteiger partial charge in [-0.1, -0.05) is 138 Å². The molecular formula is C23H36Cl2. The maximum Gasteiger partial charge on any atom is 0.103 e. The van der Waals surface area contributed by atoms with E-state index in [2.05, 4.69) is 37.3 Å². The minimum Gasteiger partial charge on any atom is -0.0712 e. The molecule has 1 atom stereocenters. The van der Waals surface area contributed by atoms with Crippen molar-refractivity contribution in [2.75, 3.05) is 0 Å². The normalized spacial score (nSPS) is 12.1. The first-order chi connectivity index (χ1) is 12.2. The minimum atomic E-state index is 0.342. The summed E-state index contributed by atoms with van der Waals surface area (Å²) >= 11 is 11.8. The van der Waals surface area contributed by atoms with E-state index in [0.29, 0.717) is 10.4 Å². The zero-order valence-corrected chi connectivity index (χ0v) is 17.5. The predicted molar refractivity (Wildman–Crippen MR) is 115 cm³/mol. The Hall–Kier alpha value is -0.460. The zero-order valence-electron chi connectivity index (χ0n) is 16.0. The van der Waals surface area contributed by atoms with Crippen LogP contribution in [-0.2, 0) is 0 Å². The van der Waals surface area contributed by atoms with Crippen LogP contribution in [0.3, 0.4) is 0 Å². The lowest BCUT2D eigenvalue weighted by molar-refractivity contribution is 0.534. The third-order valence-corrected chi connectivity index (χ3v) is 5.18. The number of benzene rings is 1. The van der Waals surface area contributed by atoms with Gasteiger partial charge < -0.3 is 0 Å². The summed E-state index contributed by atoms with van der Waals surface area (Å²) < 4.78 is 0.382. The van der Waals surface area contributed by atoms with Gasteiger partial charge in [0.25, 0.3) is 0 Å². The van der Waals surface area contributed by atoms with Gasteiger partial charge in [-0.15, -0.1) is 0 Å². The molecule has 1 unspecified atom stereocenters. The van der Waals surface area contributed by atoms with Crippen LogP contribution >= 0.6 is 23.2 Å². The van der Waals surface area contributed by atoms with Crippen LogP contribution in [0.1, 0.15) is 102 Å². The molecule has 142 valence electrons. The summed E-state index contributed by atoms with van der Waals surface area (Å²) in [4.78, 5) is 0. The van der Waals surface area contributed by atoms with Crippen LogP contribution in [0.15, 0.2) is 40.9 Å². The molecule has 0 aromatic heterocycles. The van der Waals surface area contributed by atoms with Gasteiger partial charge >= 0.3 is 0 Å². The quantitative estimate of drug-likeness (QED) is 0.265. The summed E-state index contributed by atoms with van der Waals surface area (Å²) in [5, 5.41) is 0. The predicted octanol–water partition coefficient (Wildman–Crippen LogP) is 9.18. The van der Waals surface area contributed by atoms with E-state index in [1.807, 2.05) is 6.08 Å². The summed E-state index contributed by atoms with van der Waals surface area (Å²) in [7, 11) is 0. The number of hydrogen-bond acceptors (Lipinski definition) is 0. The summed E-state index contributed by atoms with van der Waals surface area (Å²) in [5.74, 6) is 0.342. The SMILES string of the molecule is CCCCCCCCCCCCCCC(C=C(Cl)Cl)c1ccccc1. The first-order valence-corrected chi connectivity index (χ1v) is 11.1. The average molecular weight is 383 g/mol. The molecule has 0 bridgehead atoms. The van der Waals surface area contributed by atoms with Gasteiger partial charge in [-0.25, -0.2) is 0 Å². The smallest absolute Gasteiger partial charge is 0.0712 e. The van der Waals surface area contributed by atoms with E-state index in [1.54, 1.807) is 0 Å². The van der Waals surface area contributed by atoms with Crippen molar-refractivity contribution in [3.63, 3.8) is 0 Å². The van der Waals surface area contributed by atoms with Crippen LogP contribution in [0.4, 0.5) is 0 Å². The van der Waals surface area contributed by atoms with E-state index in [-0.39, 0.29) is 0 Å². The number of hydrogen-bond donors (Lipinski definition) is 0. The molecule has 1 aromatic carbocycles. The molecule has 0 nitrogen and oxygen atoms in total. The lowest BCUT2D eigenvalue weighted by atomic mass is 9.93. The maximum atomic E-state index is 5.90. The number of unbranched alkanes of at least 4 members (excludes halogenated alkanes) is 11. The van der Waals surface area contributed by atoms with Gasteiger partial charge in [-0.2, -0.15) is 0 Å². The molecule has 0 N–H and O–H groups in total. The molecule has 0 saturated heterocycles. The maximum absolute atomic E-state index is 5.90. The van der Waals surface area contributed by atoms with Gasteiger partial charge in [0.15, 0.2) is 0 Å². The zero-order chi connectivity index (χ0) is 18.2. The van der Waals surface area contributed by atoms with Crippen LogP contribution < -0.4 is 0 Å². The largest absolute Gasteiger partial charge is 0.103 e. The fraction of sp³-hybridized carbons (Fsp3) is 0.652. The molecule has 0 aliphatic rings. The molecular weight excluding hydrogens is 347 g/mol. The van der Waals surface area contributed by atoms with Crippen molar-refractivity contribution in [2.45, 2.75) is 96.3 Å². The lowest BCUT2D eigenvalue weighted by Crippen LogP contribution is -1.96. The van der Waals surface area contributed by atoms with E-state index in [9.17, 15) is 0 Å². The van der Waals surface area contributed by atoms with Crippen molar-refractivity contribution < 1.29 is 0 Å². The second-order valence-corrected chi connectivity index (χ2v) is 8.16. The van der Waals surface area contributed by atoms with E-state index < -0.39 is 0 Å². The monoisotopic (exact) mass is 382 g/mol. The first-order valence-electron chi connectivity index (χ1n) is 10.3. The highest BCUT2D eigenvalue weighted by Crippen LogP contribution is 2.27. The van der Waals surface area contributed by atoms with Crippen LogP contribution in [0.5, 0.6) is 0 Å². The first kappa shape index (κ1) is 22.6. The van der Waals surface area contributed by atoms with E-state index in [0.717, 1.165) is 6.42 Å². The Morgan fingerprint density at radius 1 is 0.760 bits per heavy atom. The molecule has 1 aromatic rings. The summed E-state index contributed by atoms with van der Waals surface area (Å²) in [5.41, 5.74) is 1.31. The van der Waals surface area contributed by atoms with Gasteiger partial charge in [-0.3, -0.25) is 0 Å². The Bertz CT molecular complexity index is 435. The van der Waals surface area contributed by atoms with Crippen LogP contribution in [0.25, 0.3) is 0 Å². The molecule has 0 saturated carbocycles. The van der Waals surface area contributed by atoms with Gasteiger partial charge in [0.1, 0.15) is 4.49 Å². The van der Waals surface area contributed by atoms with E-state index in [4.69, 9.17) is 23.2 Å². The highest BCUT2D eigenvalue weighted by molar-refractivity contribution is 6.55. The van der Waals surface area contributed by atoms with Crippen LogP contribution in [-0.4, -0.2) is 0 Å². The second kappa shape index (κ2) is 15.8. The average Bonchev–Trinajstić information content (AvgIpc) is 2.62. The van der Waals surface area contributed by atoms with Crippen molar-refractivity contribution >= 4 is 23.2 Å². The van der Waals surface area contributed by atoms with Crippen molar-refractivity contribution in [3.8, 4) is 0 Å². The Morgan fingerprint density at radius 3 is 1.72 bits per heavy atom. The third-order valence-electron chi connectivity index (χ3n) is 4.92. The van der Waals surface area contributed by atoms with E-state index >= 15 is 0 Å². The minimum absolute atomic E-state index is 0.342. The topological polar surface area (TPSA) is 0 Å². The molecule has 0 heterocycles. The highest BCUT2D eigenvalue weighted by atomic mass is 35.5. The standard InChI is InChI=1S/C23H36Cl2/c1-2-3-4-5-6-7-8-9-10-11-12-14-19-22(20-23(24)25)21-17-15-13-16-18-21/h13,15-18,20,22H,2-12,14,19H2,1H3.